The average Bonchev–Trinajstić information content (AvgIpc) is 2.23. The van der Waals surface area contributed by atoms with Gasteiger partial charge in [0.25, 0.3) is 0 Å². The van der Waals surface area contributed by atoms with Crippen LogP contribution in [0.4, 0.5) is 0 Å². The number of rotatable bonds is 3. The molecule has 1 rings (SSSR count). The van der Waals surface area contributed by atoms with E-state index in [4.69, 9.17) is 0 Å². The van der Waals surface area contributed by atoms with E-state index < -0.39 is 0 Å². The molecular formula is C13H20O. The average molecular weight is 192 g/mol. The molecule has 1 aromatic rings. The molecule has 0 radical (unpaired) electrons. The Morgan fingerprint density at radius 3 is 2.07 bits per heavy atom. The van der Waals surface area contributed by atoms with Crippen LogP contribution >= 0.6 is 0 Å². The topological polar surface area (TPSA) is 17.1 Å². The third kappa shape index (κ3) is 3.73. The van der Waals surface area contributed by atoms with E-state index in [0.717, 1.165) is 12.0 Å². The Balaban J connectivity index is 0.000000791. The van der Waals surface area contributed by atoms with Crippen LogP contribution < -0.4 is 0 Å². The van der Waals surface area contributed by atoms with Gasteiger partial charge in [-0.2, -0.15) is 0 Å². The maximum atomic E-state index is 11.2. The Hall–Kier alpha value is -1.11. The summed E-state index contributed by atoms with van der Waals surface area (Å²) in [7, 11) is 0. The molecule has 1 atom stereocenters. The second-order valence-electron chi connectivity index (χ2n) is 2.98. The fraction of sp³-hybridized carbons (Fsp3) is 0.462. The molecule has 1 aromatic carbocycles. The first-order valence-corrected chi connectivity index (χ1v) is 5.31. The zero-order valence-corrected chi connectivity index (χ0v) is 9.58. The highest BCUT2D eigenvalue weighted by Gasteiger charge is 2.12. The number of benzene rings is 1. The van der Waals surface area contributed by atoms with Gasteiger partial charge in [-0.05, 0) is 18.9 Å². The molecule has 0 saturated carbocycles. The van der Waals surface area contributed by atoms with Gasteiger partial charge in [0.05, 0.1) is 0 Å². The van der Waals surface area contributed by atoms with Gasteiger partial charge >= 0.3 is 0 Å². The van der Waals surface area contributed by atoms with E-state index in [2.05, 4.69) is 0 Å². The molecule has 0 amide bonds. The summed E-state index contributed by atoms with van der Waals surface area (Å²) >= 11 is 0. The summed E-state index contributed by atoms with van der Waals surface area (Å²) in [6.45, 7) is 7.69. The van der Waals surface area contributed by atoms with Crippen LogP contribution in [-0.2, 0) is 4.79 Å². The predicted octanol–water partition coefficient (Wildman–Crippen LogP) is 3.80. The molecule has 0 spiro atoms. The highest BCUT2D eigenvalue weighted by atomic mass is 16.1. The first-order valence-electron chi connectivity index (χ1n) is 5.31. The number of hydrogen-bond acceptors (Lipinski definition) is 1. The van der Waals surface area contributed by atoms with Crippen molar-refractivity contribution in [1.82, 2.24) is 0 Å². The van der Waals surface area contributed by atoms with E-state index in [-0.39, 0.29) is 11.7 Å². The minimum atomic E-state index is 0.0891. The van der Waals surface area contributed by atoms with Crippen molar-refractivity contribution in [3.8, 4) is 0 Å². The molecule has 0 aliphatic carbocycles. The molecule has 78 valence electrons. The van der Waals surface area contributed by atoms with E-state index in [1.807, 2.05) is 51.1 Å². The molecule has 0 aliphatic rings. The minimum absolute atomic E-state index is 0.0891. The fourth-order valence-corrected chi connectivity index (χ4v) is 1.44. The van der Waals surface area contributed by atoms with Gasteiger partial charge in [-0.1, -0.05) is 51.1 Å². The Morgan fingerprint density at radius 1 is 1.21 bits per heavy atom. The summed E-state index contributed by atoms with van der Waals surface area (Å²) in [5.41, 5.74) is 1.13. The summed E-state index contributed by atoms with van der Waals surface area (Å²) in [5, 5.41) is 0. The molecule has 0 N–H and O–H groups in total. The van der Waals surface area contributed by atoms with E-state index in [1.165, 1.54) is 0 Å². The smallest absolute Gasteiger partial charge is 0.137 e. The van der Waals surface area contributed by atoms with E-state index in [9.17, 15) is 4.79 Å². The molecule has 0 saturated heterocycles. The van der Waals surface area contributed by atoms with Gasteiger partial charge in [0.1, 0.15) is 5.78 Å². The Bertz CT molecular complexity index is 251. The summed E-state index contributed by atoms with van der Waals surface area (Å²) in [6.07, 6.45) is 0.888. The van der Waals surface area contributed by atoms with Crippen LogP contribution in [-0.4, -0.2) is 5.78 Å². The standard InChI is InChI=1S/C11H14O.C2H6/c1-3-11(9(2)12)10-7-5-4-6-8-10;1-2/h4-8,11H,3H2,1-2H3;1-2H3. The summed E-state index contributed by atoms with van der Waals surface area (Å²) in [6, 6.07) is 9.93. The molecule has 1 nitrogen and oxygen atoms in total. The van der Waals surface area contributed by atoms with Crippen LogP contribution in [0.5, 0.6) is 0 Å². The van der Waals surface area contributed by atoms with Crippen molar-refractivity contribution < 1.29 is 4.79 Å². The van der Waals surface area contributed by atoms with Crippen LogP contribution in [0.2, 0.25) is 0 Å². The monoisotopic (exact) mass is 192 g/mol. The quantitative estimate of drug-likeness (QED) is 0.712. The Kier molecular flexibility index (Phi) is 6.73. The van der Waals surface area contributed by atoms with Gasteiger partial charge in [-0.25, -0.2) is 0 Å². The lowest BCUT2D eigenvalue weighted by Gasteiger charge is -2.10. The van der Waals surface area contributed by atoms with Crippen LogP contribution in [0, 0.1) is 0 Å². The van der Waals surface area contributed by atoms with E-state index in [1.54, 1.807) is 6.92 Å². The van der Waals surface area contributed by atoms with Gasteiger partial charge in [0, 0.05) is 5.92 Å². The lowest BCUT2D eigenvalue weighted by molar-refractivity contribution is -0.118. The maximum Gasteiger partial charge on any atom is 0.137 e. The molecule has 0 aliphatic heterocycles. The zero-order valence-electron chi connectivity index (χ0n) is 9.58. The van der Waals surface area contributed by atoms with Crippen molar-refractivity contribution in [2.75, 3.05) is 0 Å². The summed E-state index contributed by atoms with van der Waals surface area (Å²) < 4.78 is 0. The minimum Gasteiger partial charge on any atom is -0.299 e. The first kappa shape index (κ1) is 12.9. The van der Waals surface area contributed by atoms with Crippen LogP contribution in [0.3, 0.4) is 0 Å². The molecule has 0 fully saturated rings. The lowest BCUT2D eigenvalue weighted by atomic mass is 9.93. The van der Waals surface area contributed by atoms with Crippen molar-refractivity contribution in [2.24, 2.45) is 0 Å². The van der Waals surface area contributed by atoms with Gasteiger partial charge in [-0.15, -0.1) is 0 Å². The molecular weight excluding hydrogens is 172 g/mol. The highest BCUT2D eigenvalue weighted by molar-refractivity contribution is 5.83. The highest BCUT2D eigenvalue weighted by Crippen LogP contribution is 2.19. The molecule has 14 heavy (non-hydrogen) atoms. The lowest BCUT2D eigenvalue weighted by Crippen LogP contribution is -2.06. The third-order valence-electron chi connectivity index (χ3n) is 2.10. The van der Waals surface area contributed by atoms with Crippen molar-refractivity contribution in [2.45, 2.75) is 40.0 Å². The SMILES string of the molecule is CC.CCC(C(C)=O)c1ccccc1. The van der Waals surface area contributed by atoms with Crippen LogP contribution in [0.25, 0.3) is 0 Å². The predicted molar refractivity (Wildman–Crippen MR) is 61.5 cm³/mol. The zero-order chi connectivity index (χ0) is 11.0. The van der Waals surface area contributed by atoms with Crippen molar-refractivity contribution in [3.63, 3.8) is 0 Å². The second-order valence-corrected chi connectivity index (χ2v) is 2.98. The van der Waals surface area contributed by atoms with Gasteiger partial charge in [0.15, 0.2) is 0 Å². The Morgan fingerprint density at radius 2 is 1.71 bits per heavy atom. The van der Waals surface area contributed by atoms with Gasteiger partial charge < -0.3 is 0 Å². The number of hydrogen-bond donors (Lipinski definition) is 0. The normalized spacial score (nSPS) is 11.1. The van der Waals surface area contributed by atoms with E-state index >= 15 is 0 Å². The summed E-state index contributed by atoms with van der Waals surface area (Å²) in [5.74, 6) is 0.342. The van der Waals surface area contributed by atoms with Gasteiger partial charge in [0.2, 0.25) is 0 Å². The molecule has 0 heterocycles. The number of carbonyl (C=O) groups is 1. The van der Waals surface area contributed by atoms with Gasteiger partial charge in [-0.3, -0.25) is 4.79 Å². The second kappa shape index (κ2) is 7.31. The molecule has 1 unspecified atom stereocenters. The van der Waals surface area contributed by atoms with Crippen molar-refractivity contribution in [1.29, 1.82) is 0 Å². The Labute approximate surface area is 87.2 Å². The van der Waals surface area contributed by atoms with Crippen molar-refractivity contribution >= 4 is 5.78 Å². The summed E-state index contributed by atoms with van der Waals surface area (Å²) in [4.78, 5) is 11.2. The van der Waals surface area contributed by atoms with Crippen molar-refractivity contribution in [3.05, 3.63) is 35.9 Å². The molecule has 1 heteroatoms. The third-order valence-corrected chi connectivity index (χ3v) is 2.10. The van der Waals surface area contributed by atoms with Crippen LogP contribution in [0.1, 0.15) is 45.6 Å². The fourth-order valence-electron chi connectivity index (χ4n) is 1.44. The number of carbonyl (C=O) groups excluding carboxylic acids is 1. The van der Waals surface area contributed by atoms with Crippen LogP contribution in [0.15, 0.2) is 30.3 Å². The first-order chi connectivity index (χ1) is 6.75. The maximum absolute atomic E-state index is 11.2. The number of ketones is 1. The van der Waals surface area contributed by atoms with E-state index in [0.29, 0.717) is 0 Å². The number of Topliss-reactive ketones (excluding diaryl/α,β-unsaturated/α-hetero) is 1. The largest absolute Gasteiger partial charge is 0.299 e. The molecule has 0 bridgehead atoms. The molecule has 0 aromatic heterocycles.